The number of hydrogen-bond donors (Lipinski definition) is 4. The third kappa shape index (κ3) is 8.32. The zero-order valence-corrected chi connectivity index (χ0v) is 32.5. The molecule has 3 amide bonds. The van der Waals surface area contributed by atoms with E-state index in [2.05, 4.69) is 41.5 Å². The molecule has 13 heteroatoms. The molecule has 53 heavy (non-hydrogen) atoms. The highest BCUT2D eigenvalue weighted by atomic mass is 16.7. The second kappa shape index (κ2) is 16.4. The van der Waals surface area contributed by atoms with Crippen LogP contribution < -0.4 is 25.6 Å². The summed E-state index contributed by atoms with van der Waals surface area (Å²) in [6.45, 7) is 8.62. The van der Waals surface area contributed by atoms with Crippen LogP contribution in [0.25, 0.3) is 11.1 Å². The Bertz CT molecular complexity index is 1680. The SMILES string of the molecule is CNC(=O)c1cc(-c2cccc(CN3O[C@@H](CNC(=O)CCC(=O)OC)[C@@H]([C@H](C)O)[C@H]3C(=O)N[C@H]3C[C@@H]4C[C@@H]([C@@H]3C)C4(C)C)c2OC)cc(N(C)C)c1. The number of carbonyl (C=O) groups excluding carboxylic acids is 4. The van der Waals surface area contributed by atoms with Gasteiger partial charge in [0.05, 0.1) is 33.3 Å². The Kier molecular flexibility index (Phi) is 12.4. The molecule has 4 aliphatic rings. The summed E-state index contributed by atoms with van der Waals surface area (Å²) in [4.78, 5) is 60.0. The Morgan fingerprint density at radius 2 is 1.83 bits per heavy atom. The molecule has 0 radical (unpaired) electrons. The highest BCUT2D eigenvalue weighted by molar-refractivity contribution is 5.97. The standard InChI is InChI=1S/C40H57N5O8/c1-22-30-18-27(40(30,3)4)19-31(22)43-39(50)36-35(23(2)46)32(20-42-33(47)13-14-34(48)51-8)53-45(36)21-24-11-10-12-29(37(24)52-9)25-15-26(38(49)41-5)17-28(16-25)44(6)7/h10-12,15-17,22-23,27,30-32,35-36,46H,13-14,18-21H2,1-9H3,(H,41,49)(H,42,47)(H,43,50)/t22-,23-,27-,30-,31-,32-,35+,36-/m0/s1. The van der Waals surface area contributed by atoms with E-state index in [9.17, 15) is 24.3 Å². The van der Waals surface area contributed by atoms with Gasteiger partial charge in [0.2, 0.25) is 11.8 Å². The first-order chi connectivity index (χ1) is 25.1. The maximum absolute atomic E-state index is 14.5. The second-order valence-corrected chi connectivity index (χ2v) is 15.7. The van der Waals surface area contributed by atoms with E-state index in [1.54, 1.807) is 26.1 Å². The summed E-state index contributed by atoms with van der Waals surface area (Å²) in [5.74, 6) is -0.121. The number of methoxy groups -OCH3 is 2. The average Bonchev–Trinajstić information content (AvgIpc) is 3.50. The lowest BCUT2D eigenvalue weighted by molar-refractivity contribution is -0.177. The zero-order chi connectivity index (χ0) is 38.8. The maximum atomic E-state index is 14.5. The molecule has 1 aliphatic heterocycles. The van der Waals surface area contributed by atoms with E-state index in [0.29, 0.717) is 29.1 Å². The van der Waals surface area contributed by atoms with Crippen molar-refractivity contribution < 1.29 is 38.6 Å². The third-order valence-electron chi connectivity index (χ3n) is 12.0. The van der Waals surface area contributed by atoms with Gasteiger partial charge in [0.1, 0.15) is 17.9 Å². The number of benzene rings is 2. The van der Waals surface area contributed by atoms with Crippen molar-refractivity contribution in [3.63, 3.8) is 0 Å². The predicted molar refractivity (Wildman–Crippen MR) is 201 cm³/mol. The van der Waals surface area contributed by atoms with Gasteiger partial charge in [-0.2, -0.15) is 5.06 Å². The second-order valence-electron chi connectivity index (χ2n) is 15.7. The first-order valence-corrected chi connectivity index (χ1v) is 18.6. The number of aliphatic hydroxyl groups excluding tert-OH is 1. The molecule has 1 heterocycles. The molecule has 6 rings (SSSR count). The molecular formula is C40H57N5O8. The fraction of sp³-hybridized carbons (Fsp3) is 0.600. The van der Waals surface area contributed by atoms with E-state index in [0.717, 1.165) is 28.8 Å². The number of rotatable bonds is 14. The van der Waals surface area contributed by atoms with Crippen LogP contribution in [0.15, 0.2) is 36.4 Å². The highest BCUT2D eigenvalue weighted by Crippen LogP contribution is 2.61. The smallest absolute Gasteiger partial charge is 0.306 e. The molecule has 4 N–H and O–H groups in total. The van der Waals surface area contributed by atoms with Crippen LogP contribution in [0.4, 0.5) is 5.69 Å². The van der Waals surface area contributed by atoms with Crippen LogP contribution in [0.1, 0.15) is 69.3 Å². The molecule has 290 valence electrons. The number of hydrogen-bond acceptors (Lipinski definition) is 10. The summed E-state index contributed by atoms with van der Waals surface area (Å²) < 4.78 is 10.7. The number of esters is 1. The topological polar surface area (TPSA) is 159 Å². The highest BCUT2D eigenvalue weighted by Gasteiger charge is 2.57. The number of amides is 3. The van der Waals surface area contributed by atoms with Crippen molar-refractivity contribution in [3.8, 4) is 16.9 Å². The van der Waals surface area contributed by atoms with Crippen LogP contribution in [0.5, 0.6) is 5.75 Å². The molecule has 3 aliphatic carbocycles. The van der Waals surface area contributed by atoms with Crippen molar-refractivity contribution in [2.24, 2.45) is 29.1 Å². The van der Waals surface area contributed by atoms with Gasteiger partial charge in [0.15, 0.2) is 0 Å². The summed E-state index contributed by atoms with van der Waals surface area (Å²) in [5.41, 5.74) is 3.82. The Morgan fingerprint density at radius 3 is 2.43 bits per heavy atom. The Hall–Kier alpha value is -4.20. The van der Waals surface area contributed by atoms with Crippen molar-refractivity contribution >= 4 is 29.4 Å². The fourth-order valence-corrected chi connectivity index (χ4v) is 8.77. The van der Waals surface area contributed by atoms with E-state index in [1.165, 1.54) is 13.5 Å². The monoisotopic (exact) mass is 735 g/mol. The van der Waals surface area contributed by atoms with Gasteiger partial charge in [0, 0.05) is 68.4 Å². The minimum atomic E-state index is -0.964. The molecular weight excluding hydrogens is 678 g/mol. The minimum absolute atomic E-state index is 0.01000. The quantitative estimate of drug-likeness (QED) is 0.212. The molecule has 8 atom stereocenters. The molecule has 0 unspecified atom stereocenters. The van der Waals surface area contributed by atoms with Crippen molar-refractivity contribution in [3.05, 3.63) is 47.5 Å². The van der Waals surface area contributed by atoms with Crippen LogP contribution in [0, 0.1) is 29.1 Å². The lowest BCUT2D eigenvalue weighted by Crippen LogP contribution is -2.62. The number of carbonyl (C=O) groups is 4. The van der Waals surface area contributed by atoms with Gasteiger partial charge in [-0.05, 0) is 66.7 Å². The molecule has 0 spiro atoms. The van der Waals surface area contributed by atoms with Crippen molar-refractivity contribution in [2.75, 3.05) is 46.8 Å². The third-order valence-corrected chi connectivity index (χ3v) is 12.0. The number of aliphatic hydroxyl groups is 1. The van der Waals surface area contributed by atoms with Gasteiger partial charge < -0.3 is 35.4 Å². The summed E-state index contributed by atoms with van der Waals surface area (Å²) in [5, 5.41) is 21.7. The number of nitrogens with one attached hydrogen (secondary N) is 3. The van der Waals surface area contributed by atoms with Crippen LogP contribution in [0.3, 0.4) is 0 Å². The Labute approximate surface area is 313 Å². The molecule has 4 fully saturated rings. The molecule has 13 nitrogen and oxygen atoms in total. The lowest BCUT2D eigenvalue weighted by atomic mass is 9.45. The normalized spacial score (nSPS) is 26.5. The minimum Gasteiger partial charge on any atom is -0.496 e. The van der Waals surface area contributed by atoms with Gasteiger partial charge in [-0.25, -0.2) is 0 Å². The van der Waals surface area contributed by atoms with Crippen molar-refractivity contribution in [2.45, 2.75) is 84.2 Å². The van der Waals surface area contributed by atoms with Gasteiger partial charge in [-0.1, -0.05) is 39.0 Å². The number of para-hydroxylation sites is 1. The summed E-state index contributed by atoms with van der Waals surface area (Å²) >= 11 is 0. The first kappa shape index (κ1) is 40.0. The van der Waals surface area contributed by atoms with Crippen molar-refractivity contribution in [1.82, 2.24) is 21.0 Å². The lowest BCUT2D eigenvalue weighted by Gasteiger charge is -2.62. The predicted octanol–water partition coefficient (Wildman–Crippen LogP) is 3.53. The van der Waals surface area contributed by atoms with Crippen molar-refractivity contribution in [1.29, 1.82) is 0 Å². The number of nitrogens with zero attached hydrogens (tertiary/aromatic N) is 2. The molecule has 2 bridgehead atoms. The van der Waals surface area contributed by atoms with Gasteiger partial charge in [-0.3, -0.25) is 24.0 Å². The van der Waals surface area contributed by atoms with E-state index < -0.39 is 30.1 Å². The molecule has 2 aromatic carbocycles. The van der Waals surface area contributed by atoms with E-state index in [4.69, 9.17) is 9.57 Å². The first-order valence-electron chi connectivity index (χ1n) is 18.6. The number of hydroxylamine groups is 2. The largest absolute Gasteiger partial charge is 0.496 e. The van der Waals surface area contributed by atoms with Gasteiger partial charge >= 0.3 is 5.97 Å². The van der Waals surface area contributed by atoms with Crippen LogP contribution in [0.2, 0.25) is 0 Å². The van der Waals surface area contributed by atoms with E-state index >= 15 is 0 Å². The molecule has 3 saturated carbocycles. The zero-order valence-electron chi connectivity index (χ0n) is 32.5. The molecule has 0 aromatic heterocycles. The molecule has 1 saturated heterocycles. The fourth-order valence-electron chi connectivity index (χ4n) is 8.77. The van der Waals surface area contributed by atoms with Crippen LogP contribution >= 0.6 is 0 Å². The van der Waals surface area contributed by atoms with Crippen LogP contribution in [-0.2, 0) is 30.5 Å². The van der Waals surface area contributed by atoms with Crippen LogP contribution in [-0.4, -0.2) is 100 Å². The summed E-state index contributed by atoms with van der Waals surface area (Å²) in [6.07, 6.45) is 0.222. The number of ether oxygens (including phenoxy) is 2. The van der Waals surface area contributed by atoms with Gasteiger partial charge in [0.25, 0.3) is 5.91 Å². The average molecular weight is 736 g/mol. The van der Waals surface area contributed by atoms with E-state index in [1.807, 2.05) is 55.4 Å². The Balaban J connectivity index is 1.47. The summed E-state index contributed by atoms with van der Waals surface area (Å²) in [6, 6.07) is 10.4. The number of fused-ring (bicyclic) bond motifs is 2. The molecule has 2 aromatic rings. The number of anilines is 1. The summed E-state index contributed by atoms with van der Waals surface area (Å²) in [7, 11) is 8.25. The van der Waals surface area contributed by atoms with E-state index in [-0.39, 0.29) is 55.1 Å². The van der Waals surface area contributed by atoms with Gasteiger partial charge in [-0.15, -0.1) is 0 Å². The Morgan fingerprint density at radius 1 is 1.09 bits per heavy atom. The maximum Gasteiger partial charge on any atom is 0.306 e.